The quantitative estimate of drug-likeness (QED) is 0.887. The van der Waals surface area contributed by atoms with Crippen LogP contribution in [-0.4, -0.2) is 31.1 Å². The molecule has 0 aromatic heterocycles. The van der Waals surface area contributed by atoms with Crippen molar-refractivity contribution >= 4 is 0 Å². The van der Waals surface area contributed by atoms with E-state index < -0.39 is 0 Å². The Morgan fingerprint density at radius 1 is 1.37 bits per heavy atom. The molecule has 0 spiro atoms. The highest BCUT2D eigenvalue weighted by atomic mass is 16.5. The van der Waals surface area contributed by atoms with Crippen molar-refractivity contribution in [3.63, 3.8) is 0 Å². The molecule has 1 heterocycles. The van der Waals surface area contributed by atoms with Crippen LogP contribution in [0.4, 0.5) is 0 Å². The second kappa shape index (κ2) is 6.92. The van der Waals surface area contributed by atoms with Crippen molar-refractivity contribution in [1.82, 2.24) is 4.90 Å². The lowest BCUT2D eigenvalue weighted by Crippen LogP contribution is -2.40. The molecule has 0 radical (unpaired) electrons. The van der Waals surface area contributed by atoms with E-state index in [1.165, 1.54) is 24.9 Å². The summed E-state index contributed by atoms with van der Waals surface area (Å²) in [5.74, 6) is 1.72. The van der Waals surface area contributed by atoms with Crippen molar-refractivity contribution < 1.29 is 4.74 Å². The number of nitrogens with zero attached hydrogens (tertiary/aromatic N) is 1. The molecular formula is C16H26N2O. The van der Waals surface area contributed by atoms with Gasteiger partial charge in [0.25, 0.3) is 0 Å². The number of piperidine rings is 1. The first-order valence-corrected chi connectivity index (χ1v) is 7.41. The van der Waals surface area contributed by atoms with E-state index in [4.69, 9.17) is 10.5 Å². The fraction of sp³-hybridized carbons (Fsp3) is 0.625. The molecule has 19 heavy (non-hydrogen) atoms. The molecule has 0 aliphatic carbocycles. The predicted molar refractivity (Wildman–Crippen MR) is 79.4 cm³/mol. The minimum atomic E-state index is 0.346. The van der Waals surface area contributed by atoms with Gasteiger partial charge >= 0.3 is 0 Å². The number of likely N-dealkylation sites (tertiary alicyclic amines) is 1. The fourth-order valence-corrected chi connectivity index (χ4v) is 2.96. The van der Waals surface area contributed by atoms with Crippen LogP contribution in [0.25, 0.3) is 0 Å². The Balaban J connectivity index is 2.07. The highest BCUT2D eigenvalue weighted by Crippen LogP contribution is 2.27. The Morgan fingerprint density at radius 2 is 2.11 bits per heavy atom. The van der Waals surface area contributed by atoms with Crippen LogP contribution in [0, 0.1) is 5.92 Å². The van der Waals surface area contributed by atoms with Crippen LogP contribution in [0.5, 0.6) is 5.75 Å². The zero-order valence-corrected chi connectivity index (χ0v) is 12.1. The summed E-state index contributed by atoms with van der Waals surface area (Å²) in [5.41, 5.74) is 7.31. The van der Waals surface area contributed by atoms with Gasteiger partial charge in [0.15, 0.2) is 0 Å². The summed E-state index contributed by atoms with van der Waals surface area (Å²) in [6, 6.07) is 8.76. The van der Waals surface area contributed by atoms with Crippen LogP contribution < -0.4 is 10.5 Å². The zero-order chi connectivity index (χ0) is 13.7. The smallest absolute Gasteiger partial charge is 0.119 e. The summed E-state index contributed by atoms with van der Waals surface area (Å²) in [5, 5.41) is 0. The van der Waals surface area contributed by atoms with Crippen LogP contribution in [0.3, 0.4) is 0 Å². The van der Waals surface area contributed by atoms with E-state index in [-0.39, 0.29) is 0 Å². The third-order valence-electron chi connectivity index (χ3n) is 3.93. The minimum Gasteiger partial charge on any atom is -0.494 e. The molecule has 0 unspecified atom stereocenters. The van der Waals surface area contributed by atoms with Gasteiger partial charge in [-0.1, -0.05) is 19.1 Å². The van der Waals surface area contributed by atoms with Crippen LogP contribution in [0.2, 0.25) is 0 Å². The van der Waals surface area contributed by atoms with E-state index in [2.05, 4.69) is 36.1 Å². The number of ether oxygens (including phenoxy) is 1. The lowest BCUT2D eigenvalue weighted by Gasteiger charge is -2.37. The maximum atomic E-state index is 6.00. The predicted octanol–water partition coefficient (Wildman–Crippen LogP) is 2.82. The van der Waals surface area contributed by atoms with Crippen molar-refractivity contribution in [3.05, 3.63) is 29.8 Å². The van der Waals surface area contributed by atoms with Gasteiger partial charge in [-0.25, -0.2) is 0 Å². The average Bonchev–Trinajstić information content (AvgIpc) is 2.42. The molecule has 1 fully saturated rings. The molecule has 0 bridgehead atoms. The summed E-state index contributed by atoms with van der Waals surface area (Å²) in [4.78, 5) is 2.53. The van der Waals surface area contributed by atoms with Gasteiger partial charge in [0.1, 0.15) is 5.75 Å². The topological polar surface area (TPSA) is 38.5 Å². The Bertz CT molecular complexity index is 377. The van der Waals surface area contributed by atoms with Crippen molar-refractivity contribution in [2.75, 3.05) is 26.2 Å². The molecule has 106 valence electrons. The standard InChI is InChI=1S/C16H26N2O/c1-3-19-15-8-6-14(7-9-15)16(11-17)18-10-4-5-13(2)12-18/h6-9,13,16H,3-5,10-12,17H2,1-2H3/t13-,16+/m0/s1. The number of hydrogen-bond donors (Lipinski definition) is 1. The zero-order valence-electron chi connectivity index (χ0n) is 12.1. The molecule has 0 saturated carbocycles. The van der Waals surface area contributed by atoms with Crippen LogP contribution in [0.15, 0.2) is 24.3 Å². The van der Waals surface area contributed by atoms with Crippen molar-refractivity contribution in [2.24, 2.45) is 11.7 Å². The van der Waals surface area contributed by atoms with Gasteiger partial charge in [0.2, 0.25) is 0 Å². The molecule has 1 aliphatic heterocycles. The fourth-order valence-electron chi connectivity index (χ4n) is 2.96. The van der Waals surface area contributed by atoms with E-state index in [1.807, 2.05) is 6.92 Å². The van der Waals surface area contributed by atoms with Crippen LogP contribution >= 0.6 is 0 Å². The van der Waals surface area contributed by atoms with Gasteiger partial charge in [-0.05, 0) is 49.9 Å². The number of rotatable bonds is 5. The first-order valence-electron chi connectivity index (χ1n) is 7.41. The number of hydrogen-bond acceptors (Lipinski definition) is 3. The van der Waals surface area contributed by atoms with Gasteiger partial charge in [-0.3, -0.25) is 4.90 Å². The molecule has 3 heteroatoms. The highest BCUT2D eigenvalue weighted by molar-refractivity contribution is 5.29. The van der Waals surface area contributed by atoms with Crippen molar-refractivity contribution in [2.45, 2.75) is 32.7 Å². The first-order chi connectivity index (χ1) is 9.24. The molecule has 2 N–H and O–H groups in total. The summed E-state index contributed by atoms with van der Waals surface area (Å²) >= 11 is 0. The molecule has 1 aliphatic rings. The van der Waals surface area contributed by atoms with Crippen molar-refractivity contribution in [1.29, 1.82) is 0 Å². The molecule has 3 nitrogen and oxygen atoms in total. The lowest BCUT2D eigenvalue weighted by atomic mass is 9.96. The van der Waals surface area contributed by atoms with Crippen LogP contribution in [0.1, 0.15) is 38.3 Å². The summed E-state index contributed by atoms with van der Waals surface area (Å²) < 4.78 is 5.49. The Hall–Kier alpha value is -1.06. The Kier molecular flexibility index (Phi) is 5.23. The van der Waals surface area contributed by atoms with E-state index in [1.54, 1.807) is 0 Å². The van der Waals surface area contributed by atoms with Gasteiger partial charge in [0.05, 0.1) is 6.61 Å². The first kappa shape index (κ1) is 14.4. The largest absolute Gasteiger partial charge is 0.494 e. The van der Waals surface area contributed by atoms with E-state index >= 15 is 0 Å². The second-order valence-corrected chi connectivity index (χ2v) is 5.50. The molecule has 1 saturated heterocycles. The molecule has 2 rings (SSSR count). The highest BCUT2D eigenvalue weighted by Gasteiger charge is 2.24. The minimum absolute atomic E-state index is 0.346. The molecule has 1 aromatic carbocycles. The number of nitrogens with two attached hydrogens (primary N) is 1. The summed E-state index contributed by atoms with van der Waals surface area (Å²) in [6.45, 7) is 8.06. The van der Waals surface area contributed by atoms with E-state index in [0.717, 1.165) is 18.2 Å². The maximum Gasteiger partial charge on any atom is 0.119 e. The van der Waals surface area contributed by atoms with Crippen LogP contribution in [-0.2, 0) is 0 Å². The third-order valence-corrected chi connectivity index (χ3v) is 3.93. The summed E-state index contributed by atoms with van der Waals surface area (Å²) in [7, 11) is 0. The average molecular weight is 262 g/mol. The normalized spacial score (nSPS) is 22.2. The van der Waals surface area contributed by atoms with E-state index in [0.29, 0.717) is 19.2 Å². The second-order valence-electron chi connectivity index (χ2n) is 5.50. The molecule has 2 atom stereocenters. The van der Waals surface area contributed by atoms with E-state index in [9.17, 15) is 0 Å². The molecular weight excluding hydrogens is 236 g/mol. The Labute approximate surface area is 116 Å². The van der Waals surface area contributed by atoms with Gasteiger partial charge in [-0.2, -0.15) is 0 Å². The monoisotopic (exact) mass is 262 g/mol. The SMILES string of the molecule is CCOc1ccc([C@@H](CN)N2CCC[C@H](C)C2)cc1. The number of benzene rings is 1. The maximum absolute atomic E-state index is 6.00. The lowest BCUT2D eigenvalue weighted by molar-refractivity contribution is 0.133. The molecule has 0 amide bonds. The Morgan fingerprint density at radius 3 is 2.68 bits per heavy atom. The van der Waals surface area contributed by atoms with Gasteiger partial charge < -0.3 is 10.5 Å². The van der Waals surface area contributed by atoms with Crippen molar-refractivity contribution in [3.8, 4) is 5.75 Å². The van der Waals surface area contributed by atoms with Gasteiger partial charge in [0, 0.05) is 19.1 Å². The summed E-state index contributed by atoms with van der Waals surface area (Å²) in [6.07, 6.45) is 2.63. The molecule has 1 aromatic rings. The van der Waals surface area contributed by atoms with Gasteiger partial charge in [-0.15, -0.1) is 0 Å². The third kappa shape index (κ3) is 3.71.